The minimum absolute atomic E-state index is 0.0638. The number of nitrogens with zero attached hydrogens (tertiary/aromatic N) is 2. The van der Waals surface area contributed by atoms with Crippen LogP contribution in [0.3, 0.4) is 0 Å². The summed E-state index contributed by atoms with van der Waals surface area (Å²) in [5.41, 5.74) is 5.02. The predicted molar refractivity (Wildman–Crippen MR) is 209 cm³/mol. The third-order valence-electron chi connectivity index (χ3n) is 11.2. The molecule has 2 N–H and O–H groups in total. The number of allylic oxidation sites excluding steroid dienone is 4. The molecule has 1 saturated carbocycles. The lowest BCUT2D eigenvalue weighted by molar-refractivity contribution is -0.139. The largest absolute Gasteiger partial charge is 0.513 e. The monoisotopic (exact) mass is 695 g/mol. The number of hydrogen-bond donors (Lipinski definition) is 2. The van der Waals surface area contributed by atoms with E-state index >= 15 is 0 Å². The van der Waals surface area contributed by atoms with E-state index in [0.29, 0.717) is 30.1 Å². The predicted octanol–water partition coefficient (Wildman–Crippen LogP) is 9.85. The van der Waals surface area contributed by atoms with Gasteiger partial charge in [-0.2, -0.15) is 0 Å². The average Bonchev–Trinajstić information content (AvgIpc) is 3.60. The topological polar surface area (TPSA) is 82.0 Å². The van der Waals surface area contributed by atoms with Crippen molar-refractivity contribution in [1.29, 1.82) is 0 Å². The van der Waals surface area contributed by atoms with Crippen LogP contribution in [0.4, 0.5) is 0 Å². The maximum atomic E-state index is 13.6. The second-order valence-electron chi connectivity index (χ2n) is 15.7. The summed E-state index contributed by atoms with van der Waals surface area (Å²) >= 11 is 1.46. The van der Waals surface area contributed by atoms with Crippen LogP contribution in [0, 0.1) is 23.7 Å². The van der Waals surface area contributed by atoms with Crippen LogP contribution in [0.5, 0.6) is 0 Å². The van der Waals surface area contributed by atoms with E-state index in [2.05, 4.69) is 65.2 Å². The lowest BCUT2D eigenvalue weighted by atomic mass is 9.70. The maximum absolute atomic E-state index is 13.6. The van der Waals surface area contributed by atoms with Crippen molar-refractivity contribution in [3.63, 3.8) is 0 Å². The molecule has 268 valence electrons. The molecule has 2 amide bonds. The Labute approximate surface area is 304 Å². The molecule has 7 heteroatoms. The van der Waals surface area contributed by atoms with Gasteiger partial charge >= 0.3 is 0 Å². The van der Waals surface area contributed by atoms with E-state index in [1.165, 1.54) is 67.4 Å². The Morgan fingerprint density at radius 2 is 1.74 bits per heavy atom. The number of amides is 2. The highest BCUT2D eigenvalue weighted by Crippen LogP contribution is 2.41. The van der Waals surface area contributed by atoms with Crippen LogP contribution in [0.1, 0.15) is 112 Å². The van der Waals surface area contributed by atoms with Gasteiger partial charge in [0, 0.05) is 30.6 Å². The number of nitrogens with one attached hydrogen (secondary N) is 1. The molecule has 2 aromatic rings. The van der Waals surface area contributed by atoms with Crippen molar-refractivity contribution in [2.45, 2.75) is 104 Å². The smallest absolute Gasteiger partial charge is 0.262 e. The highest BCUT2D eigenvalue weighted by molar-refractivity contribution is 7.14. The van der Waals surface area contributed by atoms with E-state index in [4.69, 9.17) is 4.99 Å². The molecule has 1 aliphatic heterocycles. The number of carbonyl (C=O) groups is 2. The van der Waals surface area contributed by atoms with Crippen molar-refractivity contribution >= 4 is 35.1 Å². The number of carbonyl (C=O) groups excluding carboxylic acids is 2. The third-order valence-corrected chi connectivity index (χ3v) is 12.7. The Balaban J connectivity index is 1.20. The maximum Gasteiger partial charge on any atom is 0.262 e. The van der Waals surface area contributed by atoms with Crippen LogP contribution in [-0.4, -0.2) is 47.2 Å². The van der Waals surface area contributed by atoms with Gasteiger partial charge in [-0.1, -0.05) is 96.5 Å². The normalized spacial score (nSPS) is 22.5. The molecule has 0 spiro atoms. The summed E-state index contributed by atoms with van der Waals surface area (Å²) in [6, 6.07) is 11.0. The first-order valence-corrected chi connectivity index (χ1v) is 19.4. The Bertz CT molecular complexity index is 1630. The minimum atomic E-state index is -0.741. The summed E-state index contributed by atoms with van der Waals surface area (Å²) in [5.74, 6) is 2.21. The molecule has 1 aromatic carbocycles. The quantitative estimate of drug-likeness (QED) is 0.171. The summed E-state index contributed by atoms with van der Waals surface area (Å²) in [4.78, 5) is 35.1. The molecule has 0 bridgehead atoms. The lowest BCUT2D eigenvalue weighted by Gasteiger charge is -2.40. The number of hydrogen-bond acceptors (Lipinski definition) is 5. The molecule has 2 atom stereocenters. The van der Waals surface area contributed by atoms with Gasteiger partial charge in [0.05, 0.1) is 22.3 Å². The van der Waals surface area contributed by atoms with Gasteiger partial charge in [-0.15, -0.1) is 11.3 Å². The van der Waals surface area contributed by atoms with Crippen molar-refractivity contribution in [2.24, 2.45) is 28.7 Å². The molecule has 1 saturated heterocycles. The first-order chi connectivity index (χ1) is 23.9. The third kappa shape index (κ3) is 9.34. The average molecular weight is 696 g/mol. The van der Waals surface area contributed by atoms with Crippen LogP contribution in [0.25, 0.3) is 5.70 Å². The molecule has 6 nitrogen and oxygen atoms in total. The summed E-state index contributed by atoms with van der Waals surface area (Å²) in [6.45, 7) is 19.4. The van der Waals surface area contributed by atoms with Gasteiger partial charge in [-0.3, -0.25) is 14.6 Å². The first kappa shape index (κ1) is 37.5. The number of thiophene rings is 1. The van der Waals surface area contributed by atoms with Crippen LogP contribution < -0.4 is 5.32 Å². The molecular weight excluding hydrogens is 639 g/mol. The molecule has 2 fully saturated rings. The zero-order valence-electron chi connectivity index (χ0n) is 30.8. The van der Waals surface area contributed by atoms with Gasteiger partial charge in [0.25, 0.3) is 5.91 Å². The highest BCUT2D eigenvalue weighted by Gasteiger charge is 2.37. The SMILES string of the molecule is C=C(/N=C\C(=C/C)C1=CCC(C2CCC(CC)CC2)CC1)c1ccc(CC(NC(=O)c2ccc(C(C)(C)C)s2)C(=O)N2CC(C(=C)O)C2)cc1. The fourth-order valence-electron chi connectivity index (χ4n) is 7.63. The van der Waals surface area contributed by atoms with Crippen LogP contribution in [-0.2, 0) is 16.6 Å². The van der Waals surface area contributed by atoms with Crippen molar-refractivity contribution in [3.05, 3.63) is 99.5 Å². The van der Waals surface area contributed by atoms with Gasteiger partial charge in [0.15, 0.2) is 0 Å². The number of likely N-dealkylation sites (tertiary alicyclic amines) is 1. The number of aliphatic hydroxyl groups is 1. The molecular formula is C43H57N3O3S. The Hall–Kier alpha value is -3.71. The van der Waals surface area contributed by atoms with Crippen molar-refractivity contribution in [1.82, 2.24) is 10.2 Å². The summed E-state index contributed by atoms with van der Waals surface area (Å²) in [6.07, 6.45) is 17.4. The molecule has 5 rings (SSSR count). The number of benzene rings is 1. The van der Waals surface area contributed by atoms with Crippen LogP contribution in [0.15, 0.2) is 83.6 Å². The summed E-state index contributed by atoms with van der Waals surface area (Å²) in [5, 5.41) is 12.8. The van der Waals surface area contributed by atoms with E-state index in [9.17, 15) is 14.7 Å². The number of aliphatic hydroxyl groups excluding tert-OH is 1. The Morgan fingerprint density at radius 1 is 1.04 bits per heavy atom. The fourth-order valence-corrected chi connectivity index (χ4v) is 8.60. The van der Waals surface area contributed by atoms with Gasteiger partial charge in [0.2, 0.25) is 5.91 Å². The summed E-state index contributed by atoms with van der Waals surface area (Å²) in [7, 11) is 0. The molecule has 1 aromatic heterocycles. The van der Waals surface area contributed by atoms with Gasteiger partial charge < -0.3 is 15.3 Å². The molecule has 2 aliphatic carbocycles. The number of rotatable bonds is 12. The second-order valence-corrected chi connectivity index (χ2v) is 16.8. The van der Waals surface area contributed by atoms with Gasteiger partial charge in [0.1, 0.15) is 6.04 Å². The zero-order valence-corrected chi connectivity index (χ0v) is 31.7. The fraction of sp³-hybridized carbons (Fsp3) is 0.512. The Morgan fingerprint density at radius 3 is 2.30 bits per heavy atom. The standard InChI is InChI=1S/C43H57N3O3S/c1-8-30-10-16-35(17-11-30)36-20-18-34(19-21-36)32(9-2)25-44-28(3)33-14-12-31(13-15-33)24-38(42(49)46-26-37(27-46)29(4)47)45-41(48)39-22-23-40(50-39)43(5,6)7/h9,12-15,18,22-23,25,30,35-38,47H,3-4,8,10-11,16-17,19-21,24,26-27H2,1-2,5-7H3,(H,45,48)/b32-9+,44-25-. The van der Waals surface area contributed by atoms with Gasteiger partial charge in [-0.25, -0.2) is 0 Å². The van der Waals surface area contributed by atoms with E-state index in [0.717, 1.165) is 40.2 Å². The van der Waals surface area contributed by atoms with Crippen molar-refractivity contribution in [2.75, 3.05) is 13.1 Å². The van der Waals surface area contributed by atoms with E-state index in [-0.39, 0.29) is 28.9 Å². The van der Waals surface area contributed by atoms with Crippen LogP contribution in [0.2, 0.25) is 0 Å². The second kappa shape index (κ2) is 16.5. The highest BCUT2D eigenvalue weighted by atomic mass is 32.1. The van der Waals surface area contributed by atoms with Crippen molar-refractivity contribution < 1.29 is 14.7 Å². The minimum Gasteiger partial charge on any atom is -0.513 e. The molecule has 0 radical (unpaired) electrons. The van der Waals surface area contributed by atoms with E-state index in [1.807, 2.05) is 42.6 Å². The molecule has 2 unspecified atom stereocenters. The zero-order chi connectivity index (χ0) is 36.0. The van der Waals surface area contributed by atoms with Crippen LogP contribution >= 0.6 is 11.3 Å². The Kier molecular flexibility index (Phi) is 12.4. The van der Waals surface area contributed by atoms with Crippen molar-refractivity contribution in [3.8, 4) is 0 Å². The molecule has 2 heterocycles. The molecule has 50 heavy (non-hydrogen) atoms. The van der Waals surface area contributed by atoms with E-state index < -0.39 is 6.04 Å². The lowest BCUT2D eigenvalue weighted by Crippen LogP contribution is -2.57. The molecule has 3 aliphatic rings. The summed E-state index contributed by atoms with van der Waals surface area (Å²) < 4.78 is 0. The first-order valence-electron chi connectivity index (χ1n) is 18.6. The van der Waals surface area contributed by atoms with Gasteiger partial charge in [-0.05, 0) is 96.6 Å². The number of aliphatic imine (C=N–C) groups is 1. The van der Waals surface area contributed by atoms with E-state index in [1.54, 1.807) is 4.90 Å².